The van der Waals surface area contributed by atoms with Crippen molar-refractivity contribution in [2.45, 2.75) is 65.2 Å². The molecule has 0 heterocycles. The number of rotatable bonds is 9. The molecule has 1 aromatic carbocycles. The smallest absolute Gasteiger partial charge is 0.119 e. The zero-order valence-corrected chi connectivity index (χ0v) is 12.2. The number of unbranched alkanes of at least 4 members (excludes halogenated alkanes) is 3. The van der Waals surface area contributed by atoms with E-state index < -0.39 is 0 Å². The van der Waals surface area contributed by atoms with E-state index in [2.05, 4.69) is 45.0 Å². The average molecular weight is 248 g/mol. The standard InChI is InChI=1S/C17H28O/c1-4-6-8-14-18-17-12-10-16(11-13-17)15(3)9-7-5-2/h10-13,15H,4-9,14H2,1-3H3. The Bertz CT molecular complexity index is 302. The van der Waals surface area contributed by atoms with E-state index in [0.29, 0.717) is 5.92 Å². The van der Waals surface area contributed by atoms with Gasteiger partial charge in [0.25, 0.3) is 0 Å². The fourth-order valence-corrected chi connectivity index (χ4v) is 2.11. The molecule has 0 saturated heterocycles. The minimum atomic E-state index is 0.666. The second-order valence-electron chi connectivity index (χ2n) is 5.17. The van der Waals surface area contributed by atoms with E-state index in [1.54, 1.807) is 0 Å². The SMILES string of the molecule is CCCCCOc1ccc(C(C)CCCC)cc1. The Hall–Kier alpha value is -0.980. The van der Waals surface area contributed by atoms with Gasteiger partial charge in [-0.1, -0.05) is 58.6 Å². The first kappa shape index (κ1) is 15.1. The zero-order chi connectivity index (χ0) is 13.2. The van der Waals surface area contributed by atoms with Gasteiger partial charge < -0.3 is 4.74 Å². The third-order valence-electron chi connectivity index (χ3n) is 3.46. The largest absolute Gasteiger partial charge is 0.494 e. The van der Waals surface area contributed by atoms with E-state index >= 15 is 0 Å². The fourth-order valence-electron chi connectivity index (χ4n) is 2.11. The predicted octanol–water partition coefficient (Wildman–Crippen LogP) is 5.55. The lowest BCUT2D eigenvalue weighted by atomic mass is 9.96. The summed E-state index contributed by atoms with van der Waals surface area (Å²) in [6, 6.07) is 8.67. The number of benzene rings is 1. The van der Waals surface area contributed by atoms with Gasteiger partial charge in [-0.25, -0.2) is 0 Å². The van der Waals surface area contributed by atoms with E-state index in [1.807, 2.05) is 0 Å². The van der Waals surface area contributed by atoms with E-state index in [1.165, 1.54) is 37.7 Å². The molecule has 1 unspecified atom stereocenters. The molecule has 1 rings (SSSR count). The maximum absolute atomic E-state index is 5.72. The van der Waals surface area contributed by atoms with Crippen LogP contribution in [-0.4, -0.2) is 6.61 Å². The molecule has 0 fully saturated rings. The van der Waals surface area contributed by atoms with Crippen LogP contribution in [0.5, 0.6) is 5.75 Å². The molecule has 1 aromatic rings. The Balaban J connectivity index is 2.37. The minimum Gasteiger partial charge on any atom is -0.494 e. The van der Waals surface area contributed by atoms with E-state index in [9.17, 15) is 0 Å². The fraction of sp³-hybridized carbons (Fsp3) is 0.647. The minimum absolute atomic E-state index is 0.666. The first-order valence-corrected chi connectivity index (χ1v) is 7.50. The second kappa shape index (κ2) is 9.02. The molecule has 1 atom stereocenters. The Morgan fingerprint density at radius 3 is 2.22 bits per heavy atom. The highest BCUT2D eigenvalue weighted by Gasteiger charge is 2.04. The van der Waals surface area contributed by atoms with Crippen LogP contribution >= 0.6 is 0 Å². The van der Waals surface area contributed by atoms with Crippen LogP contribution in [-0.2, 0) is 0 Å². The van der Waals surface area contributed by atoms with Gasteiger partial charge in [-0.3, -0.25) is 0 Å². The van der Waals surface area contributed by atoms with Crippen LogP contribution in [0.15, 0.2) is 24.3 Å². The van der Waals surface area contributed by atoms with Gasteiger partial charge >= 0.3 is 0 Å². The molecule has 1 heteroatoms. The number of ether oxygens (including phenoxy) is 1. The molecule has 0 bridgehead atoms. The van der Waals surface area contributed by atoms with Crippen LogP contribution in [0, 0.1) is 0 Å². The zero-order valence-electron chi connectivity index (χ0n) is 12.2. The van der Waals surface area contributed by atoms with Gasteiger partial charge in [-0.2, -0.15) is 0 Å². The van der Waals surface area contributed by atoms with Crippen molar-refractivity contribution < 1.29 is 4.74 Å². The van der Waals surface area contributed by atoms with Crippen LogP contribution in [0.25, 0.3) is 0 Å². The molecule has 0 aliphatic carbocycles. The molecule has 0 amide bonds. The molecule has 0 aliphatic rings. The first-order valence-electron chi connectivity index (χ1n) is 7.50. The lowest BCUT2D eigenvalue weighted by molar-refractivity contribution is 0.306. The molecular formula is C17H28O. The lowest BCUT2D eigenvalue weighted by Crippen LogP contribution is -1.98. The van der Waals surface area contributed by atoms with Gasteiger partial charge in [0.1, 0.15) is 5.75 Å². The molecule has 1 nitrogen and oxygen atoms in total. The van der Waals surface area contributed by atoms with Crippen molar-refractivity contribution >= 4 is 0 Å². The normalized spacial score (nSPS) is 12.4. The van der Waals surface area contributed by atoms with Crippen molar-refractivity contribution in [3.8, 4) is 5.75 Å². The molecule has 18 heavy (non-hydrogen) atoms. The summed E-state index contributed by atoms with van der Waals surface area (Å²) in [5.41, 5.74) is 1.43. The summed E-state index contributed by atoms with van der Waals surface area (Å²) in [6.45, 7) is 7.62. The maximum atomic E-state index is 5.72. The Morgan fingerprint density at radius 1 is 0.944 bits per heavy atom. The van der Waals surface area contributed by atoms with Crippen molar-refractivity contribution in [1.82, 2.24) is 0 Å². The highest BCUT2D eigenvalue weighted by molar-refractivity contribution is 5.29. The van der Waals surface area contributed by atoms with Crippen LogP contribution in [0.2, 0.25) is 0 Å². The Morgan fingerprint density at radius 2 is 1.61 bits per heavy atom. The third-order valence-corrected chi connectivity index (χ3v) is 3.46. The van der Waals surface area contributed by atoms with Crippen molar-refractivity contribution in [1.29, 1.82) is 0 Å². The second-order valence-corrected chi connectivity index (χ2v) is 5.17. The van der Waals surface area contributed by atoms with Crippen molar-refractivity contribution in [3.63, 3.8) is 0 Å². The van der Waals surface area contributed by atoms with Crippen LogP contribution in [0.1, 0.15) is 70.8 Å². The van der Waals surface area contributed by atoms with E-state index in [4.69, 9.17) is 4.74 Å². The molecule has 0 aromatic heterocycles. The molecule has 0 N–H and O–H groups in total. The summed E-state index contributed by atoms with van der Waals surface area (Å²) >= 11 is 0. The average Bonchev–Trinajstić information content (AvgIpc) is 2.41. The number of hydrogen-bond donors (Lipinski definition) is 0. The molecule has 102 valence electrons. The Kier molecular flexibility index (Phi) is 7.55. The van der Waals surface area contributed by atoms with E-state index in [-0.39, 0.29) is 0 Å². The van der Waals surface area contributed by atoms with Gasteiger partial charge in [-0.15, -0.1) is 0 Å². The summed E-state index contributed by atoms with van der Waals surface area (Å²) in [5.74, 6) is 1.68. The van der Waals surface area contributed by atoms with Crippen molar-refractivity contribution in [2.75, 3.05) is 6.61 Å². The summed E-state index contributed by atoms with van der Waals surface area (Å²) in [4.78, 5) is 0. The van der Waals surface area contributed by atoms with E-state index in [0.717, 1.165) is 18.8 Å². The maximum Gasteiger partial charge on any atom is 0.119 e. The van der Waals surface area contributed by atoms with Crippen molar-refractivity contribution in [3.05, 3.63) is 29.8 Å². The highest BCUT2D eigenvalue weighted by atomic mass is 16.5. The van der Waals surface area contributed by atoms with Gasteiger partial charge in [0.2, 0.25) is 0 Å². The van der Waals surface area contributed by atoms with Crippen LogP contribution in [0.4, 0.5) is 0 Å². The molecular weight excluding hydrogens is 220 g/mol. The lowest BCUT2D eigenvalue weighted by Gasteiger charge is -2.12. The molecule has 0 saturated carbocycles. The quantitative estimate of drug-likeness (QED) is 0.521. The Labute approximate surface area is 113 Å². The topological polar surface area (TPSA) is 9.23 Å². The monoisotopic (exact) mass is 248 g/mol. The summed E-state index contributed by atoms with van der Waals surface area (Å²) < 4.78 is 5.72. The molecule has 0 radical (unpaired) electrons. The van der Waals surface area contributed by atoms with Crippen LogP contribution in [0.3, 0.4) is 0 Å². The first-order chi connectivity index (χ1) is 8.77. The third kappa shape index (κ3) is 5.57. The van der Waals surface area contributed by atoms with Gasteiger partial charge in [0, 0.05) is 0 Å². The highest BCUT2D eigenvalue weighted by Crippen LogP contribution is 2.23. The molecule has 0 spiro atoms. The van der Waals surface area contributed by atoms with Gasteiger partial charge in [-0.05, 0) is 36.5 Å². The van der Waals surface area contributed by atoms with Gasteiger partial charge in [0.05, 0.1) is 6.61 Å². The number of hydrogen-bond acceptors (Lipinski definition) is 1. The van der Waals surface area contributed by atoms with Gasteiger partial charge in [0.15, 0.2) is 0 Å². The summed E-state index contributed by atoms with van der Waals surface area (Å²) in [7, 11) is 0. The predicted molar refractivity (Wildman–Crippen MR) is 79.4 cm³/mol. The summed E-state index contributed by atoms with van der Waals surface area (Å²) in [5, 5.41) is 0. The van der Waals surface area contributed by atoms with Crippen molar-refractivity contribution in [2.24, 2.45) is 0 Å². The molecule has 0 aliphatic heterocycles. The summed E-state index contributed by atoms with van der Waals surface area (Å²) in [6.07, 6.45) is 7.54. The van der Waals surface area contributed by atoms with Crippen LogP contribution < -0.4 is 4.74 Å².